The van der Waals surface area contributed by atoms with Gasteiger partial charge in [0.2, 0.25) is 0 Å². The molecule has 1 heterocycles. The van der Waals surface area contributed by atoms with E-state index in [2.05, 4.69) is 22.2 Å². The molecule has 0 bridgehead atoms. The molecule has 0 aromatic heterocycles. The number of rotatable bonds is 6. The zero-order valence-corrected chi connectivity index (χ0v) is 16.0. The van der Waals surface area contributed by atoms with E-state index in [0.717, 1.165) is 49.1 Å². The Balaban J connectivity index is 1.52. The maximum atomic E-state index is 5.95. The van der Waals surface area contributed by atoms with Gasteiger partial charge in [0.25, 0.3) is 0 Å². The molecule has 1 N–H and O–H groups in total. The summed E-state index contributed by atoms with van der Waals surface area (Å²) in [6.45, 7) is 5.08. The van der Waals surface area contributed by atoms with Crippen molar-refractivity contribution in [2.75, 3.05) is 40.4 Å². The minimum absolute atomic E-state index is 0.716. The zero-order chi connectivity index (χ0) is 18.4. The van der Waals surface area contributed by atoms with Gasteiger partial charge >= 0.3 is 0 Å². The number of quaternary nitrogens is 1. The number of nitrogens with one attached hydrogen (secondary N) is 1. The first-order valence-corrected chi connectivity index (χ1v) is 9.14. The van der Waals surface area contributed by atoms with Crippen LogP contribution in [0.3, 0.4) is 0 Å². The lowest BCUT2D eigenvalue weighted by Crippen LogP contribution is -3.13. The summed E-state index contributed by atoms with van der Waals surface area (Å²) < 4.78 is 10.6. The quantitative estimate of drug-likeness (QED) is 0.787. The van der Waals surface area contributed by atoms with Crippen LogP contribution in [0.15, 0.2) is 47.6 Å². The fourth-order valence-electron chi connectivity index (χ4n) is 3.08. The van der Waals surface area contributed by atoms with E-state index in [4.69, 9.17) is 21.1 Å². The summed E-state index contributed by atoms with van der Waals surface area (Å²) in [5.41, 5.74) is 2.32. The number of nitrogens with zero attached hydrogens (tertiary/aromatic N) is 2. The lowest BCUT2D eigenvalue weighted by Gasteiger charge is -2.30. The van der Waals surface area contributed by atoms with Crippen LogP contribution in [0.5, 0.6) is 11.5 Å². The van der Waals surface area contributed by atoms with E-state index in [1.807, 2.05) is 36.5 Å². The predicted octanol–water partition coefficient (Wildman–Crippen LogP) is 2.09. The Bertz CT molecular complexity index is 741. The van der Waals surface area contributed by atoms with Crippen LogP contribution in [-0.2, 0) is 6.54 Å². The first-order chi connectivity index (χ1) is 12.7. The molecule has 2 aromatic rings. The van der Waals surface area contributed by atoms with Crippen LogP contribution in [0.4, 0.5) is 0 Å². The van der Waals surface area contributed by atoms with E-state index in [1.54, 1.807) is 19.1 Å². The van der Waals surface area contributed by atoms with E-state index in [0.29, 0.717) is 5.75 Å². The molecule has 138 valence electrons. The molecule has 3 rings (SSSR count). The summed E-state index contributed by atoms with van der Waals surface area (Å²) in [6, 6.07) is 13.9. The first-order valence-electron chi connectivity index (χ1n) is 8.77. The minimum Gasteiger partial charge on any atom is -0.493 e. The van der Waals surface area contributed by atoms with Crippen molar-refractivity contribution in [3.05, 3.63) is 58.6 Å². The molecule has 1 aliphatic rings. The summed E-state index contributed by atoms with van der Waals surface area (Å²) in [7, 11) is 3.28. The highest BCUT2D eigenvalue weighted by molar-refractivity contribution is 6.30. The molecule has 1 aliphatic heterocycles. The molecule has 0 spiro atoms. The number of ether oxygens (including phenoxy) is 2. The van der Waals surface area contributed by atoms with Crippen molar-refractivity contribution >= 4 is 17.8 Å². The average Bonchev–Trinajstić information content (AvgIpc) is 2.69. The van der Waals surface area contributed by atoms with E-state index in [9.17, 15) is 0 Å². The number of methoxy groups -OCH3 is 2. The molecule has 5 nitrogen and oxygen atoms in total. The van der Waals surface area contributed by atoms with Gasteiger partial charge in [0, 0.05) is 10.6 Å². The molecular formula is C20H25ClN3O2+. The van der Waals surface area contributed by atoms with Crippen molar-refractivity contribution in [2.45, 2.75) is 6.54 Å². The molecule has 2 aromatic carbocycles. The summed E-state index contributed by atoms with van der Waals surface area (Å²) in [6.07, 6.45) is 1.88. The molecule has 0 saturated carbocycles. The van der Waals surface area contributed by atoms with Gasteiger partial charge in [-0.1, -0.05) is 23.7 Å². The van der Waals surface area contributed by atoms with E-state index in [-0.39, 0.29) is 0 Å². The van der Waals surface area contributed by atoms with Gasteiger partial charge < -0.3 is 14.4 Å². The second-order valence-electron chi connectivity index (χ2n) is 6.37. The number of piperazine rings is 1. The number of benzene rings is 2. The summed E-state index contributed by atoms with van der Waals surface area (Å²) in [5.74, 6) is 1.44. The molecule has 0 aliphatic carbocycles. The Morgan fingerprint density at radius 1 is 1.04 bits per heavy atom. The minimum atomic E-state index is 0.716. The van der Waals surface area contributed by atoms with Crippen LogP contribution in [-0.4, -0.2) is 51.6 Å². The molecule has 0 radical (unpaired) electrons. The average molecular weight is 375 g/mol. The van der Waals surface area contributed by atoms with Crippen molar-refractivity contribution in [1.29, 1.82) is 0 Å². The Labute approximate surface area is 159 Å². The lowest BCUT2D eigenvalue weighted by molar-refractivity contribution is -0.918. The zero-order valence-electron chi connectivity index (χ0n) is 15.2. The molecule has 1 fully saturated rings. The maximum absolute atomic E-state index is 5.95. The highest BCUT2D eigenvalue weighted by Crippen LogP contribution is 2.26. The Morgan fingerprint density at radius 3 is 2.38 bits per heavy atom. The monoisotopic (exact) mass is 374 g/mol. The van der Waals surface area contributed by atoms with Crippen molar-refractivity contribution in [1.82, 2.24) is 5.01 Å². The Morgan fingerprint density at radius 2 is 1.73 bits per heavy atom. The first kappa shape index (κ1) is 18.5. The third-order valence-corrected chi connectivity index (χ3v) is 4.84. The Hall–Kier alpha value is -2.24. The third kappa shape index (κ3) is 4.90. The molecule has 0 amide bonds. The van der Waals surface area contributed by atoms with Gasteiger partial charge in [0.1, 0.15) is 6.54 Å². The smallest absolute Gasteiger partial charge is 0.161 e. The van der Waals surface area contributed by atoms with Gasteiger partial charge in [-0.15, -0.1) is 0 Å². The summed E-state index contributed by atoms with van der Waals surface area (Å²) in [4.78, 5) is 1.57. The fourth-order valence-corrected chi connectivity index (χ4v) is 3.20. The molecule has 26 heavy (non-hydrogen) atoms. The van der Waals surface area contributed by atoms with Gasteiger partial charge in [0.05, 0.1) is 46.6 Å². The number of hydrazone groups is 1. The van der Waals surface area contributed by atoms with Gasteiger partial charge in [-0.2, -0.15) is 5.10 Å². The fraction of sp³-hybridized carbons (Fsp3) is 0.350. The van der Waals surface area contributed by atoms with E-state index >= 15 is 0 Å². The van der Waals surface area contributed by atoms with Gasteiger partial charge in [-0.05, 0) is 35.9 Å². The van der Waals surface area contributed by atoms with Crippen LogP contribution < -0.4 is 14.4 Å². The van der Waals surface area contributed by atoms with Gasteiger partial charge in [-0.3, -0.25) is 5.01 Å². The Kier molecular flexibility index (Phi) is 6.36. The molecular weight excluding hydrogens is 350 g/mol. The third-order valence-electron chi connectivity index (χ3n) is 4.59. The van der Waals surface area contributed by atoms with Crippen LogP contribution in [0.1, 0.15) is 11.1 Å². The van der Waals surface area contributed by atoms with Crippen molar-refractivity contribution in [3.63, 3.8) is 0 Å². The SMILES string of the molecule is COc1ccc(C=NN2CC[NH+](Cc3ccc(Cl)cc3)CC2)cc1OC. The second-order valence-corrected chi connectivity index (χ2v) is 6.80. The van der Waals surface area contributed by atoms with E-state index < -0.39 is 0 Å². The predicted molar refractivity (Wildman–Crippen MR) is 105 cm³/mol. The topological polar surface area (TPSA) is 38.5 Å². The maximum Gasteiger partial charge on any atom is 0.161 e. The number of halogens is 1. The highest BCUT2D eigenvalue weighted by Gasteiger charge is 2.18. The van der Waals surface area contributed by atoms with Crippen LogP contribution in [0, 0.1) is 0 Å². The number of hydrogen-bond donors (Lipinski definition) is 1. The molecule has 6 heteroatoms. The van der Waals surface area contributed by atoms with Gasteiger partial charge in [-0.25, -0.2) is 0 Å². The largest absolute Gasteiger partial charge is 0.493 e. The van der Waals surface area contributed by atoms with Gasteiger partial charge in [0.15, 0.2) is 11.5 Å². The lowest BCUT2D eigenvalue weighted by atomic mass is 10.2. The van der Waals surface area contributed by atoms with Crippen LogP contribution >= 0.6 is 11.6 Å². The van der Waals surface area contributed by atoms with E-state index in [1.165, 1.54) is 5.56 Å². The van der Waals surface area contributed by atoms with Crippen molar-refractivity contribution in [2.24, 2.45) is 5.10 Å². The van der Waals surface area contributed by atoms with Crippen molar-refractivity contribution < 1.29 is 14.4 Å². The van der Waals surface area contributed by atoms with Crippen molar-refractivity contribution in [3.8, 4) is 11.5 Å². The molecule has 0 atom stereocenters. The standard InChI is InChI=1S/C20H24ClN3O2/c1-25-19-8-5-17(13-20(19)26-2)14-22-24-11-9-23(10-12-24)15-16-3-6-18(21)7-4-16/h3-8,13-14H,9-12,15H2,1-2H3/p+1. The molecule has 0 unspecified atom stereocenters. The van der Waals surface area contributed by atoms with Crippen LogP contribution in [0.25, 0.3) is 0 Å². The molecule has 1 saturated heterocycles. The summed E-state index contributed by atoms with van der Waals surface area (Å²) >= 11 is 5.95. The number of hydrogen-bond acceptors (Lipinski definition) is 4. The van der Waals surface area contributed by atoms with Crippen LogP contribution in [0.2, 0.25) is 5.02 Å². The highest BCUT2D eigenvalue weighted by atomic mass is 35.5. The normalized spacial score (nSPS) is 15.4. The second kappa shape index (κ2) is 8.92. The summed E-state index contributed by atoms with van der Waals surface area (Å²) in [5, 5.41) is 7.54.